The molecule has 1 aromatic heterocycles. The molecule has 4 rings (SSSR count). The Kier molecular flexibility index (Phi) is 14.3. The van der Waals surface area contributed by atoms with Gasteiger partial charge in [0.2, 0.25) is 17.7 Å². The Labute approximate surface area is 310 Å². The van der Waals surface area contributed by atoms with Crippen molar-refractivity contribution >= 4 is 29.5 Å². The average molecular weight is 758 g/mol. The van der Waals surface area contributed by atoms with Gasteiger partial charge in [0.1, 0.15) is 29.3 Å². The number of aliphatic hydroxyl groups excluding tert-OH is 1. The van der Waals surface area contributed by atoms with E-state index >= 15 is 0 Å². The highest BCUT2D eigenvalue weighted by Crippen LogP contribution is 2.37. The van der Waals surface area contributed by atoms with Crippen molar-refractivity contribution < 1.29 is 52.1 Å². The van der Waals surface area contributed by atoms with E-state index in [2.05, 4.69) is 31.5 Å². The SMILES string of the molecule is COc1ccc2cc1Oc1cccc(OC)c1CNC(=O)[C@@H](C(C)C)NC(=O)[C@H]([C@@H](C)O)NC(=O)CN(C(=O)c1cc(C(F)F)[nH]n1)CCCCNC2=O. The lowest BCUT2D eigenvalue weighted by Gasteiger charge is -2.28. The largest absolute Gasteiger partial charge is 0.496 e. The second-order valence-corrected chi connectivity index (χ2v) is 12.8. The van der Waals surface area contributed by atoms with Gasteiger partial charge in [-0.2, -0.15) is 5.10 Å². The Bertz CT molecular complexity index is 1820. The van der Waals surface area contributed by atoms with Gasteiger partial charge in [-0.15, -0.1) is 0 Å². The molecule has 16 nitrogen and oxygen atoms in total. The normalized spacial score (nSPS) is 18.7. The van der Waals surface area contributed by atoms with Crippen LogP contribution in [0.4, 0.5) is 8.78 Å². The first kappa shape index (κ1) is 41.0. The lowest BCUT2D eigenvalue weighted by molar-refractivity contribution is -0.135. The van der Waals surface area contributed by atoms with E-state index < -0.39 is 72.3 Å². The summed E-state index contributed by atoms with van der Waals surface area (Å²) in [7, 11) is 2.89. The van der Waals surface area contributed by atoms with Crippen molar-refractivity contribution in [2.75, 3.05) is 33.9 Å². The van der Waals surface area contributed by atoms with Crippen molar-refractivity contribution in [2.45, 2.75) is 64.8 Å². The molecule has 5 amide bonds. The van der Waals surface area contributed by atoms with E-state index in [0.29, 0.717) is 23.5 Å². The van der Waals surface area contributed by atoms with Crippen LogP contribution in [-0.4, -0.2) is 102 Å². The molecular weight excluding hydrogens is 712 g/mol. The number of ether oxygens (including phenoxy) is 3. The lowest BCUT2D eigenvalue weighted by atomic mass is 10.0. The summed E-state index contributed by atoms with van der Waals surface area (Å²) in [5.41, 5.74) is -0.278. The summed E-state index contributed by atoms with van der Waals surface area (Å²) >= 11 is 0. The number of methoxy groups -OCH3 is 2. The summed E-state index contributed by atoms with van der Waals surface area (Å²) in [4.78, 5) is 68.0. The summed E-state index contributed by atoms with van der Waals surface area (Å²) < 4.78 is 43.7. The quantitative estimate of drug-likeness (QED) is 0.216. The number of carbonyl (C=O) groups excluding carboxylic acids is 5. The Balaban J connectivity index is 1.68. The highest BCUT2D eigenvalue weighted by molar-refractivity contribution is 5.97. The second-order valence-electron chi connectivity index (χ2n) is 12.8. The summed E-state index contributed by atoms with van der Waals surface area (Å²) in [5.74, 6) is -2.90. The zero-order chi connectivity index (χ0) is 39.5. The molecule has 0 aliphatic carbocycles. The number of fused-ring (bicyclic) bond motifs is 3. The van der Waals surface area contributed by atoms with E-state index in [-0.39, 0.29) is 48.8 Å². The Morgan fingerprint density at radius 1 is 0.926 bits per heavy atom. The van der Waals surface area contributed by atoms with Crippen molar-refractivity contribution in [3.63, 3.8) is 0 Å². The van der Waals surface area contributed by atoms with Crippen LogP contribution in [0.1, 0.15) is 72.1 Å². The summed E-state index contributed by atoms with van der Waals surface area (Å²) in [6.45, 7) is 3.99. The van der Waals surface area contributed by atoms with Crippen LogP contribution in [0.2, 0.25) is 0 Å². The highest BCUT2D eigenvalue weighted by Gasteiger charge is 2.33. The summed E-state index contributed by atoms with van der Waals surface area (Å²) in [5, 5.41) is 26.9. The van der Waals surface area contributed by atoms with Crippen LogP contribution in [-0.2, 0) is 20.9 Å². The number of nitrogens with zero attached hydrogens (tertiary/aromatic N) is 2. The van der Waals surface area contributed by atoms with Gasteiger partial charge >= 0.3 is 0 Å². The van der Waals surface area contributed by atoms with Gasteiger partial charge in [0.25, 0.3) is 18.2 Å². The van der Waals surface area contributed by atoms with E-state index in [1.165, 1.54) is 27.2 Å². The molecule has 0 radical (unpaired) electrons. The minimum atomic E-state index is -2.92. The number of amides is 5. The molecular formula is C36H45F2N7O9. The minimum Gasteiger partial charge on any atom is -0.496 e. The Morgan fingerprint density at radius 3 is 2.31 bits per heavy atom. The molecule has 3 atom stereocenters. The van der Waals surface area contributed by atoms with E-state index in [1.54, 1.807) is 44.2 Å². The molecule has 2 bridgehead atoms. The predicted octanol–water partition coefficient (Wildman–Crippen LogP) is 2.45. The Hall–Kier alpha value is -5.78. The van der Waals surface area contributed by atoms with Crippen LogP contribution in [0.5, 0.6) is 23.0 Å². The van der Waals surface area contributed by atoms with Crippen molar-refractivity contribution in [1.29, 1.82) is 0 Å². The molecule has 18 heteroatoms. The van der Waals surface area contributed by atoms with E-state index in [4.69, 9.17) is 14.2 Å². The maximum atomic E-state index is 13.6. The monoisotopic (exact) mass is 757 g/mol. The average Bonchev–Trinajstić information content (AvgIpc) is 3.64. The van der Waals surface area contributed by atoms with E-state index in [1.807, 2.05) is 0 Å². The maximum Gasteiger partial charge on any atom is 0.279 e. The van der Waals surface area contributed by atoms with Crippen molar-refractivity contribution in [2.24, 2.45) is 5.92 Å². The Morgan fingerprint density at radius 2 is 1.67 bits per heavy atom. The maximum absolute atomic E-state index is 13.6. The first-order chi connectivity index (χ1) is 25.7. The van der Waals surface area contributed by atoms with Crippen LogP contribution in [0.3, 0.4) is 0 Å². The molecule has 1 aliphatic rings. The second kappa shape index (κ2) is 18.8. The van der Waals surface area contributed by atoms with Crippen LogP contribution < -0.4 is 35.5 Å². The molecule has 0 saturated carbocycles. The van der Waals surface area contributed by atoms with Gasteiger partial charge in [0, 0.05) is 18.7 Å². The fourth-order valence-corrected chi connectivity index (χ4v) is 5.59. The third-order valence-electron chi connectivity index (χ3n) is 8.54. The van der Waals surface area contributed by atoms with Gasteiger partial charge in [0.15, 0.2) is 17.2 Å². The number of carbonyl (C=O) groups is 5. The standard InChI is InChI=1S/C36H45F2N7O9/c1-19(2)30-34(49)40-17-22-25(52-4)9-8-10-26(22)54-28-15-21(11-12-27(28)53-5)33(48)39-13-6-7-14-45(36(51)24-16-23(32(37)38)43-44-24)18-29(47)41-31(20(3)46)35(50)42-30/h8-12,15-16,19-20,30-32,46H,6-7,13-14,17-18H2,1-5H3,(H,39,48)(H,40,49)(H,41,47)(H,42,50)(H,43,44)/t20-,30-,31+/m1/s1. The van der Waals surface area contributed by atoms with Crippen LogP contribution in [0, 0.1) is 5.92 Å². The number of aliphatic hydroxyl groups is 1. The molecule has 1 aliphatic heterocycles. The first-order valence-corrected chi connectivity index (χ1v) is 17.2. The molecule has 0 spiro atoms. The number of H-pyrrole nitrogens is 1. The van der Waals surface area contributed by atoms with Gasteiger partial charge in [0.05, 0.1) is 39.0 Å². The molecule has 0 unspecified atom stereocenters. The number of hydrogen-bond acceptors (Lipinski definition) is 10. The zero-order valence-electron chi connectivity index (χ0n) is 30.5. The number of halogens is 2. The van der Waals surface area contributed by atoms with E-state index in [9.17, 15) is 37.9 Å². The number of hydrogen-bond donors (Lipinski definition) is 6. The van der Waals surface area contributed by atoms with Crippen molar-refractivity contribution in [1.82, 2.24) is 36.4 Å². The molecule has 2 heterocycles. The molecule has 54 heavy (non-hydrogen) atoms. The summed E-state index contributed by atoms with van der Waals surface area (Å²) in [6.07, 6.45) is -3.77. The first-order valence-electron chi connectivity index (χ1n) is 17.2. The third kappa shape index (κ3) is 10.4. The van der Waals surface area contributed by atoms with Crippen LogP contribution in [0.15, 0.2) is 42.5 Å². The molecule has 292 valence electrons. The number of aromatic amines is 1. The number of benzene rings is 2. The number of alkyl halides is 2. The molecule has 0 fully saturated rings. The fraction of sp³-hybridized carbons (Fsp3) is 0.444. The minimum absolute atomic E-state index is 0.0659. The molecule has 6 N–H and O–H groups in total. The van der Waals surface area contributed by atoms with Crippen molar-refractivity contribution in [3.05, 3.63) is 65.0 Å². The van der Waals surface area contributed by atoms with Gasteiger partial charge < -0.3 is 45.5 Å². The number of nitrogens with one attached hydrogen (secondary N) is 5. The molecule has 2 aromatic carbocycles. The summed E-state index contributed by atoms with van der Waals surface area (Å²) in [6, 6.07) is 7.80. The van der Waals surface area contributed by atoms with Crippen LogP contribution >= 0.6 is 0 Å². The van der Waals surface area contributed by atoms with Gasteiger partial charge in [-0.3, -0.25) is 29.1 Å². The smallest absolute Gasteiger partial charge is 0.279 e. The lowest BCUT2D eigenvalue weighted by Crippen LogP contribution is -2.59. The highest BCUT2D eigenvalue weighted by atomic mass is 19.3. The van der Waals surface area contributed by atoms with Gasteiger partial charge in [-0.1, -0.05) is 19.9 Å². The zero-order valence-corrected chi connectivity index (χ0v) is 30.5. The number of aromatic nitrogens is 2. The van der Waals surface area contributed by atoms with E-state index in [0.717, 1.165) is 11.0 Å². The van der Waals surface area contributed by atoms with Gasteiger partial charge in [-0.25, -0.2) is 8.78 Å². The van der Waals surface area contributed by atoms with Crippen LogP contribution in [0.25, 0.3) is 0 Å². The van der Waals surface area contributed by atoms with Crippen molar-refractivity contribution in [3.8, 4) is 23.0 Å². The molecule has 0 saturated heterocycles. The number of rotatable bonds is 6. The van der Waals surface area contributed by atoms with Gasteiger partial charge in [-0.05, 0) is 62.1 Å². The fourth-order valence-electron chi connectivity index (χ4n) is 5.59. The topological polar surface area (TPSA) is 213 Å². The predicted molar refractivity (Wildman–Crippen MR) is 189 cm³/mol. The third-order valence-corrected chi connectivity index (χ3v) is 8.54. The molecule has 3 aromatic rings.